The molecule has 0 unspecified atom stereocenters. The Hall–Kier alpha value is -4.25. The summed E-state index contributed by atoms with van der Waals surface area (Å²) in [5.74, 6) is 0.347. The molecule has 4 rings (SSSR count). The molecular weight excluding hydrogens is 396 g/mol. The SMILES string of the molecule is Cc1cc(C)nc(Nc2cccc(NC(=O)/C(=C\c3ccccc3)c3ccccc3)c2)n1. The number of carbonyl (C=O) groups is 1. The number of hydrogen-bond acceptors (Lipinski definition) is 4. The van der Waals surface area contributed by atoms with Gasteiger partial charge in [-0.2, -0.15) is 0 Å². The molecule has 2 N–H and O–H groups in total. The number of anilines is 3. The first kappa shape index (κ1) is 21.0. The van der Waals surface area contributed by atoms with Crippen molar-refractivity contribution in [2.75, 3.05) is 10.6 Å². The van der Waals surface area contributed by atoms with E-state index in [1.54, 1.807) is 0 Å². The van der Waals surface area contributed by atoms with E-state index in [2.05, 4.69) is 20.6 Å². The molecule has 0 aliphatic carbocycles. The van der Waals surface area contributed by atoms with Crippen molar-refractivity contribution in [2.24, 2.45) is 0 Å². The summed E-state index contributed by atoms with van der Waals surface area (Å²) in [6.45, 7) is 3.86. The van der Waals surface area contributed by atoms with Gasteiger partial charge in [0.05, 0.1) is 0 Å². The second-order valence-corrected chi connectivity index (χ2v) is 7.47. The molecule has 0 radical (unpaired) electrons. The summed E-state index contributed by atoms with van der Waals surface area (Å²) in [5.41, 5.74) is 5.66. The highest BCUT2D eigenvalue weighted by atomic mass is 16.1. The van der Waals surface area contributed by atoms with Gasteiger partial charge in [0.15, 0.2) is 0 Å². The summed E-state index contributed by atoms with van der Waals surface area (Å²) in [6, 6.07) is 28.9. The van der Waals surface area contributed by atoms with Gasteiger partial charge in [0.25, 0.3) is 5.91 Å². The molecule has 0 bridgehead atoms. The Balaban J connectivity index is 1.58. The minimum atomic E-state index is -0.181. The third kappa shape index (κ3) is 5.46. The van der Waals surface area contributed by atoms with Crippen LogP contribution in [0.25, 0.3) is 11.6 Å². The van der Waals surface area contributed by atoms with Gasteiger partial charge in [-0.1, -0.05) is 66.7 Å². The fourth-order valence-corrected chi connectivity index (χ4v) is 3.40. The Morgan fingerprint density at radius 2 is 1.38 bits per heavy atom. The van der Waals surface area contributed by atoms with E-state index in [1.807, 2.05) is 111 Å². The lowest BCUT2D eigenvalue weighted by Gasteiger charge is -2.12. The topological polar surface area (TPSA) is 66.9 Å². The van der Waals surface area contributed by atoms with E-state index < -0.39 is 0 Å². The average molecular weight is 421 g/mol. The second-order valence-electron chi connectivity index (χ2n) is 7.47. The molecule has 5 nitrogen and oxygen atoms in total. The quantitative estimate of drug-likeness (QED) is 0.296. The summed E-state index contributed by atoms with van der Waals surface area (Å²) in [5, 5.41) is 6.23. The van der Waals surface area contributed by atoms with Crippen LogP contribution in [0.3, 0.4) is 0 Å². The number of carbonyl (C=O) groups excluding carboxylic acids is 1. The Labute approximate surface area is 187 Å². The van der Waals surface area contributed by atoms with Crippen molar-refractivity contribution in [1.29, 1.82) is 0 Å². The standard InChI is InChI=1S/C27H24N4O/c1-19-16-20(2)29-27(28-19)31-24-15-9-14-23(18-24)30-26(32)25(22-12-7-4-8-13-22)17-21-10-5-3-6-11-21/h3-18H,1-2H3,(H,30,32)(H,28,29,31)/b25-17-. The number of aryl methyl sites for hydroxylation is 2. The average Bonchev–Trinajstić information content (AvgIpc) is 2.78. The Bertz CT molecular complexity index is 1230. The van der Waals surface area contributed by atoms with E-state index in [1.165, 1.54) is 0 Å². The minimum Gasteiger partial charge on any atom is -0.324 e. The summed E-state index contributed by atoms with van der Waals surface area (Å²) in [4.78, 5) is 22.1. The van der Waals surface area contributed by atoms with Crippen LogP contribution in [0, 0.1) is 13.8 Å². The molecule has 3 aromatic carbocycles. The first-order valence-electron chi connectivity index (χ1n) is 10.4. The van der Waals surface area contributed by atoms with Crippen LogP contribution in [0.15, 0.2) is 91.0 Å². The molecule has 1 heterocycles. The lowest BCUT2D eigenvalue weighted by Crippen LogP contribution is -2.13. The van der Waals surface area contributed by atoms with E-state index in [4.69, 9.17) is 0 Å². The highest BCUT2D eigenvalue weighted by Crippen LogP contribution is 2.23. The number of nitrogens with one attached hydrogen (secondary N) is 2. The lowest BCUT2D eigenvalue weighted by atomic mass is 10.0. The van der Waals surface area contributed by atoms with Crippen molar-refractivity contribution < 1.29 is 4.79 Å². The fourth-order valence-electron chi connectivity index (χ4n) is 3.40. The number of aromatic nitrogens is 2. The van der Waals surface area contributed by atoms with Crippen LogP contribution in [0.5, 0.6) is 0 Å². The van der Waals surface area contributed by atoms with Gasteiger partial charge in [-0.05, 0) is 55.3 Å². The lowest BCUT2D eigenvalue weighted by molar-refractivity contribution is -0.111. The van der Waals surface area contributed by atoms with Crippen LogP contribution in [-0.4, -0.2) is 15.9 Å². The van der Waals surface area contributed by atoms with Crippen molar-refractivity contribution in [1.82, 2.24) is 9.97 Å². The predicted molar refractivity (Wildman–Crippen MR) is 131 cm³/mol. The third-order valence-corrected chi connectivity index (χ3v) is 4.80. The van der Waals surface area contributed by atoms with Gasteiger partial charge in [-0.15, -0.1) is 0 Å². The van der Waals surface area contributed by atoms with E-state index >= 15 is 0 Å². The van der Waals surface area contributed by atoms with Gasteiger partial charge >= 0.3 is 0 Å². The number of rotatable bonds is 6. The second kappa shape index (κ2) is 9.71. The van der Waals surface area contributed by atoms with Gasteiger partial charge < -0.3 is 10.6 Å². The van der Waals surface area contributed by atoms with Gasteiger partial charge in [-0.25, -0.2) is 9.97 Å². The Morgan fingerprint density at radius 3 is 2.06 bits per heavy atom. The molecule has 5 heteroatoms. The fraction of sp³-hybridized carbons (Fsp3) is 0.0741. The first-order chi connectivity index (χ1) is 15.6. The highest BCUT2D eigenvalue weighted by Gasteiger charge is 2.13. The number of hydrogen-bond donors (Lipinski definition) is 2. The van der Waals surface area contributed by atoms with Gasteiger partial charge in [0.2, 0.25) is 5.95 Å². The van der Waals surface area contributed by atoms with Crippen molar-refractivity contribution >= 4 is 34.9 Å². The molecule has 158 valence electrons. The van der Waals surface area contributed by atoms with Gasteiger partial charge in [0.1, 0.15) is 0 Å². The maximum absolute atomic E-state index is 13.3. The Kier molecular flexibility index (Phi) is 6.37. The molecule has 4 aromatic rings. The molecule has 0 atom stereocenters. The summed E-state index contributed by atoms with van der Waals surface area (Å²) < 4.78 is 0. The Morgan fingerprint density at radius 1 is 0.750 bits per heavy atom. The zero-order chi connectivity index (χ0) is 22.3. The molecule has 0 saturated carbocycles. The third-order valence-electron chi connectivity index (χ3n) is 4.80. The van der Waals surface area contributed by atoms with Crippen molar-refractivity contribution in [2.45, 2.75) is 13.8 Å². The molecule has 0 spiro atoms. The van der Waals surface area contributed by atoms with Crippen LogP contribution >= 0.6 is 0 Å². The maximum Gasteiger partial charge on any atom is 0.256 e. The monoisotopic (exact) mass is 420 g/mol. The van der Waals surface area contributed by atoms with Crippen molar-refractivity contribution in [3.8, 4) is 0 Å². The van der Waals surface area contributed by atoms with Gasteiger partial charge in [0, 0.05) is 28.3 Å². The van der Waals surface area contributed by atoms with E-state index in [9.17, 15) is 4.79 Å². The first-order valence-corrected chi connectivity index (χ1v) is 10.4. The van der Waals surface area contributed by atoms with Crippen LogP contribution in [0.2, 0.25) is 0 Å². The molecule has 32 heavy (non-hydrogen) atoms. The van der Waals surface area contributed by atoms with Crippen molar-refractivity contribution in [3.05, 3.63) is 114 Å². The normalized spacial score (nSPS) is 11.1. The van der Waals surface area contributed by atoms with Crippen molar-refractivity contribution in [3.63, 3.8) is 0 Å². The number of nitrogens with zero attached hydrogens (tertiary/aromatic N) is 2. The summed E-state index contributed by atoms with van der Waals surface area (Å²) in [6.07, 6.45) is 1.90. The van der Waals surface area contributed by atoms with Gasteiger partial charge in [-0.3, -0.25) is 4.79 Å². The summed E-state index contributed by atoms with van der Waals surface area (Å²) >= 11 is 0. The van der Waals surface area contributed by atoms with E-state index in [-0.39, 0.29) is 5.91 Å². The minimum absolute atomic E-state index is 0.181. The molecule has 1 amide bonds. The molecule has 1 aromatic heterocycles. The maximum atomic E-state index is 13.3. The number of amides is 1. The van der Waals surface area contributed by atoms with Crippen LogP contribution in [0.1, 0.15) is 22.5 Å². The van der Waals surface area contributed by atoms with Crippen LogP contribution in [-0.2, 0) is 4.79 Å². The predicted octanol–water partition coefficient (Wildman–Crippen LogP) is 6.02. The molecule has 0 fully saturated rings. The van der Waals surface area contributed by atoms with E-state index in [0.717, 1.165) is 28.2 Å². The molecule has 0 aliphatic rings. The summed E-state index contributed by atoms with van der Waals surface area (Å²) in [7, 11) is 0. The molecular formula is C27H24N4O. The zero-order valence-electron chi connectivity index (χ0n) is 18.0. The van der Waals surface area contributed by atoms with E-state index in [0.29, 0.717) is 17.2 Å². The smallest absolute Gasteiger partial charge is 0.256 e. The number of benzene rings is 3. The zero-order valence-corrected chi connectivity index (χ0v) is 18.0. The van der Waals surface area contributed by atoms with Crippen LogP contribution < -0.4 is 10.6 Å². The molecule has 0 aliphatic heterocycles. The molecule has 0 saturated heterocycles. The highest BCUT2D eigenvalue weighted by molar-refractivity contribution is 6.29. The van der Waals surface area contributed by atoms with Crippen LogP contribution in [0.4, 0.5) is 17.3 Å². The largest absolute Gasteiger partial charge is 0.324 e.